The van der Waals surface area contributed by atoms with Gasteiger partial charge in [-0.1, -0.05) is 23.7 Å². The van der Waals surface area contributed by atoms with Gasteiger partial charge in [-0.05, 0) is 43.4 Å². The van der Waals surface area contributed by atoms with Crippen LogP contribution in [0.4, 0.5) is 10.2 Å². The molecule has 0 spiro atoms. The molecule has 1 fully saturated rings. The number of halogens is 2. The predicted molar refractivity (Wildman–Crippen MR) is 117 cm³/mol. The minimum absolute atomic E-state index is 0.336. The molecule has 0 aliphatic carbocycles. The molecule has 0 saturated carbocycles. The van der Waals surface area contributed by atoms with E-state index >= 15 is 0 Å². The number of imidazole rings is 1. The number of anilines is 1. The predicted octanol–water partition coefficient (Wildman–Crippen LogP) is 4.03. The SMILES string of the molecule is CN1CCN(c2ncnc3c2nc(-c2ccccc2F)n3-c2ccc(Cl)cc2)CC1. The average molecular weight is 423 g/mol. The van der Waals surface area contributed by atoms with E-state index in [2.05, 4.69) is 26.8 Å². The zero-order chi connectivity index (χ0) is 20.7. The number of hydrogen-bond acceptors (Lipinski definition) is 5. The van der Waals surface area contributed by atoms with E-state index in [1.54, 1.807) is 36.7 Å². The van der Waals surface area contributed by atoms with E-state index in [9.17, 15) is 4.39 Å². The molecule has 8 heteroatoms. The van der Waals surface area contributed by atoms with Crippen LogP contribution in [0.15, 0.2) is 54.9 Å². The van der Waals surface area contributed by atoms with Crippen LogP contribution in [0.1, 0.15) is 0 Å². The van der Waals surface area contributed by atoms with Gasteiger partial charge in [-0.2, -0.15) is 0 Å². The number of hydrogen-bond donors (Lipinski definition) is 0. The van der Waals surface area contributed by atoms with E-state index in [0.717, 1.165) is 37.7 Å². The third kappa shape index (κ3) is 3.30. The van der Waals surface area contributed by atoms with Gasteiger partial charge in [-0.25, -0.2) is 19.3 Å². The standard InChI is InChI=1S/C22H20ClFN6/c1-28-10-12-29(13-11-28)21-19-22(26-14-25-21)30(16-8-6-15(23)7-9-16)20(27-19)17-4-2-3-5-18(17)24/h2-9,14H,10-13H2,1H3. The van der Waals surface area contributed by atoms with Gasteiger partial charge in [0.25, 0.3) is 0 Å². The van der Waals surface area contributed by atoms with Crippen LogP contribution in [0, 0.1) is 5.82 Å². The normalized spacial score (nSPS) is 15.1. The van der Waals surface area contributed by atoms with Gasteiger partial charge in [0.2, 0.25) is 0 Å². The Morgan fingerprint density at radius 3 is 2.40 bits per heavy atom. The molecule has 1 aliphatic heterocycles. The molecule has 0 radical (unpaired) electrons. The zero-order valence-electron chi connectivity index (χ0n) is 16.5. The van der Waals surface area contributed by atoms with E-state index in [1.165, 1.54) is 6.07 Å². The molecule has 5 rings (SSSR count). The number of benzene rings is 2. The van der Waals surface area contributed by atoms with Crippen molar-refractivity contribution in [3.63, 3.8) is 0 Å². The summed E-state index contributed by atoms with van der Waals surface area (Å²) in [5, 5.41) is 0.628. The largest absolute Gasteiger partial charge is 0.352 e. The highest BCUT2D eigenvalue weighted by Gasteiger charge is 2.24. The van der Waals surface area contributed by atoms with Crippen molar-refractivity contribution in [2.45, 2.75) is 0 Å². The highest BCUT2D eigenvalue weighted by molar-refractivity contribution is 6.30. The summed E-state index contributed by atoms with van der Waals surface area (Å²) in [6.07, 6.45) is 1.55. The fourth-order valence-corrected chi connectivity index (χ4v) is 3.91. The van der Waals surface area contributed by atoms with E-state index < -0.39 is 0 Å². The minimum Gasteiger partial charge on any atom is -0.352 e. The van der Waals surface area contributed by atoms with Crippen LogP contribution < -0.4 is 4.90 Å². The molecule has 4 aromatic rings. The lowest BCUT2D eigenvalue weighted by atomic mass is 10.2. The van der Waals surface area contributed by atoms with E-state index in [0.29, 0.717) is 27.6 Å². The number of aromatic nitrogens is 4. The first-order valence-corrected chi connectivity index (χ1v) is 10.2. The fraction of sp³-hybridized carbons (Fsp3) is 0.227. The zero-order valence-corrected chi connectivity index (χ0v) is 17.2. The summed E-state index contributed by atoms with van der Waals surface area (Å²) in [5.74, 6) is 0.928. The van der Waals surface area contributed by atoms with Crippen LogP contribution in [0.3, 0.4) is 0 Å². The van der Waals surface area contributed by atoms with Crippen molar-refractivity contribution in [3.05, 3.63) is 65.7 Å². The fourth-order valence-electron chi connectivity index (χ4n) is 3.79. The maximum atomic E-state index is 14.7. The topological polar surface area (TPSA) is 50.1 Å². The highest BCUT2D eigenvalue weighted by atomic mass is 35.5. The van der Waals surface area contributed by atoms with Crippen molar-refractivity contribution in [2.75, 3.05) is 38.1 Å². The first-order chi connectivity index (χ1) is 14.6. The molecule has 0 N–H and O–H groups in total. The van der Waals surface area contributed by atoms with Crippen molar-refractivity contribution in [1.29, 1.82) is 0 Å². The van der Waals surface area contributed by atoms with Crippen LogP contribution in [-0.2, 0) is 0 Å². The second kappa shape index (κ2) is 7.66. The molecule has 0 bridgehead atoms. The Hall–Kier alpha value is -3.03. The van der Waals surface area contributed by atoms with Crippen LogP contribution in [0.2, 0.25) is 5.02 Å². The summed E-state index contributed by atoms with van der Waals surface area (Å²) in [4.78, 5) is 18.4. The Balaban J connectivity index is 1.75. The Morgan fingerprint density at radius 2 is 1.67 bits per heavy atom. The number of piperazine rings is 1. The molecule has 0 atom stereocenters. The molecule has 6 nitrogen and oxygen atoms in total. The van der Waals surface area contributed by atoms with Gasteiger partial charge in [0.1, 0.15) is 18.0 Å². The molecule has 1 saturated heterocycles. The lowest BCUT2D eigenvalue weighted by molar-refractivity contribution is 0.312. The number of fused-ring (bicyclic) bond motifs is 1. The summed E-state index contributed by atoms with van der Waals surface area (Å²) in [7, 11) is 2.11. The molecule has 3 heterocycles. The van der Waals surface area contributed by atoms with Crippen LogP contribution in [-0.4, -0.2) is 57.6 Å². The first kappa shape index (κ1) is 19.0. The van der Waals surface area contributed by atoms with Gasteiger partial charge in [0, 0.05) is 36.9 Å². The summed E-state index contributed by atoms with van der Waals surface area (Å²) in [6, 6.07) is 14.0. The lowest BCUT2D eigenvalue weighted by Crippen LogP contribution is -2.44. The van der Waals surface area contributed by atoms with Gasteiger partial charge < -0.3 is 9.80 Å². The van der Waals surface area contributed by atoms with E-state index in [4.69, 9.17) is 16.6 Å². The Morgan fingerprint density at radius 1 is 0.933 bits per heavy atom. The second-order valence-corrected chi connectivity index (χ2v) is 7.82. The lowest BCUT2D eigenvalue weighted by Gasteiger charge is -2.33. The molecule has 2 aromatic heterocycles. The molecule has 0 amide bonds. The van der Waals surface area contributed by atoms with Gasteiger partial charge in [0.15, 0.2) is 17.0 Å². The first-order valence-electron chi connectivity index (χ1n) is 9.79. The summed E-state index contributed by atoms with van der Waals surface area (Å²) in [5.41, 5.74) is 2.52. The van der Waals surface area contributed by atoms with Crippen molar-refractivity contribution >= 4 is 28.6 Å². The third-order valence-electron chi connectivity index (χ3n) is 5.43. The van der Waals surface area contributed by atoms with Crippen molar-refractivity contribution < 1.29 is 4.39 Å². The Labute approximate surface area is 178 Å². The molecule has 30 heavy (non-hydrogen) atoms. The molecule has 1 aliphatic rings. The maximum absolute atomic E-state index is 14.7. The monoisotopic (exact) mass is 422 g/mol. The van der Waals surface area contributed by atoms with Crippen molar-refractivity contribution in [2.24, 2.45) is 0 Å². The van der Waals surface area contributed by atoms with Crippen molar-refractivity contribution in [1.82, 2.24) is 24.4 Å². The number of nitrogens with zero attached hydrogens (tertiary/aromatic N) is 6. The molecular weight excluding hydrogens is 403 g/mol. The van der Waals surface area contributed by atoms with E-state index in [-0.39, 0.29) is 5.82 Å². The van der Waals surface area contributed by atoms with E-state index in [1.807, 2.05) is 16.7 Å². The third-order valence-corrected chi connectivity index (χ3v) is 5.68. The molecule has 2 aromatic carbocycles. The van der Waals surface area contributed by atoms with Crippen LogP contribution in [0.5, 0.6) is 0 Å². The van der Waals surface area contributed by atoms with Gasteiger partial charge in [0.05, 0.1) is 5.56 Å². The summed E-state index contributed by atoms with van der Waals surface area (Å²) >= 11 is 6.09. The molecule has 0 unspecified atom stereocenters. The maximum Gasteiger partial charge on any atom is 0.170 e. The van der Waals surface area contributed by atoms with Gasteiger partial charge in [-0.3, -0.25) is 4.57 Å². The van der Waals surface area contributed by atoms with Crippen LogP contribution >= 0.6 is 11.6 Å². The minimum atomic E-state index is -0.336. The van der Waals surface area contributed by atoms with Gasteiger partial charge >= 0.3 is 0 Å². The smallest absolute Gasteiger partial charge is 0.170 e. The number of likely N-dealkylation sites (N-methyl/N-ethyl adjacent to an activating group) is 1. The van der Waals surface area contributed by atoms with Crippen LogP contribution in [0.25, 0.3) is 28.2 Å². The quantitative estimate of drug-likeness (QED) is 0.499. The Kier molecular flexibility index (Phi) is 4.84. The molecule has 152 valence electrons. The Bertz CT molecular complexity index is 1200. The second-order valence-electron chi connectivity index (χ2n) is 7.39. The average Bonchev–Trinajstić information content (AvgIpc) is 3.15. The van der Waals surface area contributed by atoms with Crippen molar-refractivity contribution in [3.8, 4) is 17.1 Å². The summed E-state index contributed by atoms with van der Waals surface area (Å²) < 4.78 is 16.6. The summed E-state index contributed by atoms with van der Waals surface area (Å²) in [6.45, 7) is 3.60. The highest BCUT2D eigenvalue weighted by Crippen LogP contribution is 2.33. The molecular formula is C22H20ClFN6. The van der Waals surface area contributed by atoms with Gasteiger partial charge in [-0.15, -0.1) is 0 Å². The number of rotatable bonds is 3.